The Kier molecular flexibility index (Phi) is 3.72. The van der Waals surface area contributed by atoms with Crippen LogP contribution in [0.4, 0.5) is 8.78 Å². The molecule has 0 saturated heterocycles. The van der Waals surface area contributed by atoms with E-state index in [0.29, 0.717) is 11.6 Å². The van der Waals surface area contributed by atoms with Gasteiger partial charge in [0.1, 0.15) is 17.4 Å². The molecule has 0 fully saturated rings. The Labute approximate surface area is 110 Å². The van der Waals surface area contributed by atoms with Gasteiger partial charge in [0.15, 0.2) is 0 Å². The fourth-order valence-corrected chi connectivity index (χ4v) is 1.60. The van der Waals surface area contributed by atoms with Crippen LogP contribution in [-0.2, 0) is 0 Å². The average molecular weight is 313 g/mol. The lowest BCUT2D eigenvalue weighted by atomic mass is 10.2. The molecule has 0 aromatic heterocycles. The van der Waals surface area contributed by atoms with Crippen LogP contribution in [0, 0.1) is 11.6 Å². The molecule has 0 aliphatic rings. The van der Waals surface area contributed by atoms with E-state index in [0.717, 1.165) is 16.6 Å². The van der Waals surface area contributed by atoms with Crippen molar-refractivity contribution >= 4 is 21.9 Å². The van der Waals surface area contributed by atoms with Crippen molar-refractivity contribution in [2.45, 2.75) is 0 Å². The summed E-state index contributed by atoms with van der Waals surface area (Å²) < 4.78 is 31.5. The van der Waals surface area contributed by atoms with Crippen LogP contribution in [0.5, 0.6) is 5.75 Å². The lowest BCUT2D eigenvalue weighted by Crippen LogP contribution is -2.08. The molecule has 0 amide bonds. The Morgan fingerprint density at radius 2 is 1.56 bits per heavy atom. The van der Waals surface area contributed by atoms with Crippen LogP contribution in [0.1, 0.15) is 10.4 Å². The van der Waals surface area contributed by atoms with E-state index >= 15 is 0 Å². The molecular formula is C13H7BrF2O2. The van der Waals surface area contributed by atoms with Crippen molar-refractivity contribution in [3.05, 3.63) is 64.1 Å². The second-order valence-electron chi connectivity index (χ2n) is 3.50. The molecular weight excluding hydrogens is 306 g/mol. The summed E-state index contributed by atoms with van der Waals surface area (Å²) in [5.41, 5.74) is 0.294. The normalized spacial score (nSPS) is 10.2. The minimum absolute atomic E-state index is 0.166. The SMILES string of the molecule is O=C(Oc1cc(F)cc(F)c1)c1ccc(Br)cc1. The van der Waals surface area contributed by atoms with Crippen molar-refractivity contribution in [3.63, 3.8) is 0 Å². The van der Waals surface area contributed by atoms with Gasteiger partial charge in [0.2, 0.25) is 0 Å². The van der Waals surface area contributed by atoms with E-state index in [1.54, 1.807) is 24.3 Å². The predicted octanol–water partition coefficient (Wildman–Crippen LogP) is 3.95. The summed E-state index contributed by atoms with van der Waals surface area (Å²) in [6.07, 6.45) is 0. The summed E-state index contributed by atoms with van der Waals surface area (Å²) >= 11 is 3.23. The molecule has 2 aromatic rings. The van der Waals surface area contributed by atoms with Gasteiger partial charge in [-0.25, -0.2) is 13.6 Å². The van der Waals surface area contributed by atoms with Crippen molar-refractivity contribution in [3.8, 4) is 5.75 Å². The van der Waals surface area contributed by atoms with Crippen molar-refractivity contribution in [2.75, 3.05) is 0 Å². The number of halogens is 3. The van der Waals surface area contributed by atoms with E-state index in [1.165, 1.54) is 0 Å². The number of benzene rings is 2. The molecule has 0 N–H and O–H groups in total. The molecule has 0 aliphatic heterocycles. The first-order valence-corrected chi connectivity index (χ1v) is 5.78. The second kappa shape index (κ2) is 5.27. The topological polar surface area (TPSA) is 26.3 Å². The lowest BCUT2D eigenvalue weighted by molar-refractivity contribution is 0.0734. The molecule has 2 aromatic carbocycles. The third kappa shape index (κ3) is 3.13. The molecule has 2 rings (SSSR count). The van der Waals surface area contributed by atoms with Gasteiger partial charge in [-0.1, -0.05) is 15.9 Å². The zero-order valence-electron chi connectivity index (χ0n) is 8.99. The molecule has 0 atom stereocenters. The number of rotatable bonds is 2. The lowest BCUT2D eigenvalue weighted by Gasteiger charge is -2.04. The third-order valence-corrected chi connectivity index (χ3v) is 2.66. The Morgan fingerprint density at radius 3 is 2.11 bits per heavy atom. The van der Waals surface area contributed by atoms with Crippen molar-refractivity contribution in [1.82, 2.24) is 0 Å². The van der Waals surface area contributed by atoms with Gasteiger partial charge in [-0.05, 0) is 24.3 Å². The van der Waals surface area contributed by atoms with Gasteiger partial charge in [0, 0.05) is 22.7 Å². The van der Waals surface area contributed by atoms with Crippen molar-refractivity contribution in [2.24, 2.45) is 0 Å². The van der Waals surface area contributed by atoms with Gasteiger partial charge in [-0.3, -0.25) is 0 Å². The highest BCUT2D eigenvalue weighted by molar-refractivity contribution is 9.10. The highest BCUT2D eigenvalue weighted by Crippen LogP contribution is 2.18. The Hall–Kier alpha value is -1.75. The Balaban J connectivity index is 2.18. The first kappa shape index (κ1) is 12.7. The number of hydrogen-bond acceptors (Lipinski definition) is 2. The maximum absolute atomic E-state index is 12.9. The fraction of sp³-hybridized carbons (Fsp3) is 0. The molecule has 5 heteroatoms. The number of hydrogen-bond donors (Lipinski definition) is 0. The molecule has 0 bridgehead atoms. The molecule has 92 valence electrons. The highest BCUT2D eigenvalue weighted by Gasteiger charge is 2.10. The zero-order chi connectivity index (χ0) is 13.1. The van der Waals surface area contributed by atoms with Gasteiger partial charge >= 0.3 is 5.97 Å². The van der Waals surface area contributed by atoms with Gasteiger partial charge < -0.3 is 4.74 Å². The van der Waals surface area contributed by atoms with Gasteiger partial charge in [0.05, 0.1) is 5.56 Å². The largest absolute Gasteiger partial charge is 0.423 e. The fourth-order valence-electron chi connectivity index (χ4n) is 1.34. The second-order valence-corrected chi connectivity index (χ2v) is 4.42. The molecule has 0 saturated carbocycles. The van der Waals surface area contributed by atoms with Gasteiger partial charge in [-0.15, -0.1) is 0 Å². The van der Waals surface area contributed by atoms with E-state index in [2.05, 4.69) is 15.9 Å². The summed E-state index contributed by atoms with van der Waals surface area (Å²) in [4.78, 5) is 11.7. The quantitative estimate of drug-likeness (QED) is 0.620. The van der Waals surface area contributed by atoms with Crippen LogP contribution in [0.3, 0.4) is 0 Å². The number of carbonyl (C=O) groups excluding carboxylic acids is 1. The van der Waals surface area contributed by atoms with E-state index in [9.17, 15) is 13.6 Å². The number of esters is 1. The van der Waals surface area contributed by atoms with Crippen LogP contribution in [-0.4, -0.2) is 5.97 Å². The summed E-state index contributed by atoms with van der Waals surface area (Å²) in [7, 11) is 0. The van der Waals surface area contributed by atoms with Gasteiger partial charge in [0.25, 0.3) is 0 Å². The molecule has 0 heterocycles. The van der Waals surface area contributed by atoms with E-state index in [1.807, 2.05) is 0 Å². The average Bonchev–Trinajstić information content (AvgIpc) is 2.28. The molecule has 0 radical (unpaired) electrons. The highest BCUT2D eigenvalue weighted by atomic mass is 79.9. The first-order chi connectivity index (χ1) is 8.54. The van der Waals surface area contributed by atoms with E-state index in [4.69, 9.17) is 4.74 Å². The first-order valence-electron chi connectivity index (χ1n) is 4.98. The minimum Gasteiger partial charge on any atom is -0.423 e. The van der Waals surface area contributed by atoms with E-state index in [-0.39, 0.29) is 5.75 Å². The maximum atomic E-state index is 12.9. The Bertz CT molecular complexity index is 562. The predicted molar refractivity (Wildman–Crippen MR) is 65.5 cm³/mol. The Morgan fingerprint density at radius 1 is 1.00 bits per heavy atom. The van der Waals surface area contributed by atoms with Crippen LogP contribution < -0.4 is 4.74 Å². The minimum atomic E-state index is -0.798. The number of ether oxygens (including phenoxy) is 1. The van der Waals surface area contributed by atoms with Crippen LogP contribution in [0.15, 0.2) is 46.9 Å². The molecule has 0 aliphatic carbocycles. The summed E-state index contributed by atoms with van der Waals surface area (Å²) in [5.74, 6) is -2.44. The monoisotopic (exact) mass is 312 g/mol. The molecule has 18 heavy (non-hydrogen) atoms. The van der Waals surface area contributed by atoms with Crippen LogP contribution >= 0.6 is 15.9 Å². The van der Waals surface area contributed by atoms with Crippen LogP contribution in [0.2, 0.25) is 0 Å². The van der Waals surface area contributed by atoms with Gasteiger partial charge in [-0.2, -0.15) is 0 Å². The third-order valence-electron chi connectivity index (χ3n) is 2.13. The van der Waals surface area contributed by atoms with E-state index < -0.39 is 17.6 Å². The van der Waals surface area contributed by atoms with Crippen molar-refractivity contribution < 1.29 is 18.3 Å². The molecule has 0 unspecified atom stereocenters. The number of carbonyl (C=O) groups is 1. The smallest absolute Gasteiger partial charge is 0.343 e. The molecule has 0 spiro atoms. The maximum Gasteiger partial charge on any atom is 0.343 e. The van der Waals surface area contributed by atoms with Crippen LogP contribution in [0.25, 0.3) is 0 Å². The molecule has 2 nitrogen and oxygen atoms in total. The zero-order valence-corrected chi connectivity index (χ0v) is 10.6. The summed E-state index contributed by atoms with van der Waals surface area (Å²) in [6, 6.07) is 9.02. The summed E-state index contributed by atoms with van der Waals surface area (Å²) in [5, 5.41) is 0. The summed E-state index contributed by atoms with van der Waals surface area (Å²) in [6.45, 7) is 0. The standard InChI is InChI=1S/C13H7BrF2O2/c14-9-3-1-8(2-4-9)13(17)18-12-6-10(15)5-11(16)7-12/h1-7H. The van der Waals surface area contributed by atoms with Crippen molar-refractivity contribution in [1.29, 1.82) is 0 Å².